The largest absolute Gasteiger partial charge is 0.341 e. The lowest BCUT2D eigenvalue weighted by atomic mass is 10.0. The monoisotopic (exact) mass is 330 g/mol. The normalized spacial score (nSPS) is 15.8. The molecule has 1 aliphatic heterocycles. The second-order valence-corrected chi connectivity index (χ2v) is 7.40. The van der Waals surface area contributed by atoms with Crippen LogP contribution in [0.3, 0.4) is 0 Å². The van der Waals surface area contributed by atoms with E-state index in [0.29, 0.717) is 31.3 Å². The molecule has 24 heavy (non-hydrogen) atoms. The molecule has 0 N–H and O–H groups in total. The third kappa shape index (κ3) is 4.83. The highest BCUT2D eigenvalue weighted by Gasteiger charge is 2.23. The van der Waals surface area contributed by atoms with Crippen molar-refractivity contribution in [1.29, 1.82) is 0 Å². The first-order valence-electron chi connectivity index (χ1n) is 9.05. The summed E-state index contributed by atoms with van der Waals surface area (Å²) in [4.78, 5) is 28.7. The molecule has 1 aromatic rings. The summed E-state index contributed by atoms with van der Waals surface area (Å²) in [6.45, 7) is 11.1. The molecule has 0 spiro atoms. The first-order chi connectivity index (χ1) is 11.4. The summed E-state index contributed by atoms with van der Waals surface area (Å²) in [6, 6.07) is 7.91. The second kappa shape index (κ2) is 8.32. The van der Waals surface area contributed by atoms with E-state index in [0.717, 1.165) is 25.1 Å². The molecule has 1 heterocycles. The van der Waals surface area contributed by atoms with Crippen LogP contribution in [-0.4, -0.2) is 47.8 Å². The van der Waals surface area contributed by atoms with Gasteiger partial charge in [0.15, 0.2) is 0 Å². The van der Waals surface area contributed by atoms with Crippen LogP contribution in [0.25, 0.3) is 0 Å². The smallest absolute Gasteiger partial charge is 0.253 e. The fourth-order valence-corrected chi connectivity index (χ4v) is 3.04. The highest BCUT2D eigenvalue weighted by Crippen LogP contribution is 2.17. The summed E-state index contributed by atoms with van der Waals surface area (Å²) in [5.74, 6) is 1.12. The van der Waals surface area contributed by atoms with Crippen LogP contribution in [0, 0.1) is 5.92 Å². The zero-order valence-electron chi connectivity index (χ0n) is 15.4. The predicted octanol–water partition coefficient (Wildman–Crippen LogP) is 3.53. The Hall–Kier alpha value is -1.84. The highest BCUT2D eigenvalue weighted by atomic mass is 16.2. The van der Waals surface area contributed by atoms with Crippen molar-refractivity contribution in [2.75, 3.05) is 26.2 Å². The Labute approximate surface area is 145 Å². The Morgan fingerprint density at radius 1 is 0.917 bits per heavy atom. The molecular weight excluding hydrogens is 300 g/mol. The molecule has 0 atom stereocenters. The molecule has 1 aromatic carbocycles. The quantitative estimate of drug-likeness (QED) is 0.847. The van der Waals surface area contributed by atoms with Crippen molar-refractivity contribution >= 4 is 11.8 Å². The summed E-state index contributed by atoms with van der Waals surface area (Å²) >= 11 is 0. The topological polar surface area (TPSA) is 40.6 Å². The molecule has 132 valence electrons. The number of hydrogen-bond donors (Lipinski definition) is 0. The van der Waals surface area contributed by atoms with Gasteiger partial charge in [-0.2, -0.15) is 0 Å². The molecule has 2 rings (SSSR count). The zero-order valence-corrected chi connectivity index (χ0v) is 15.4. The van der Waals surface area contributed by atoms with E-state index in [1.165, 1.54) is 5.56 Å². The van der Waals surface area contributed by atoms with Crippen LogP contribution in [0.4, 0.5) is 0 Å². The van der Waals surface area contributed by atoms with Gasteiger partial charge in [0.1, 0.15) is 0 Å². The molecule has 0 bridgehead atoms. The minimum atomic E-state index is 0.0727. The fourth-order valence-electron chi connectivity index (χ4n) is 3.04. The van der Waals surface area contributed by atoms with Crippen molar-refractivity contribution in [1.82, 2.24) is 9.80 Å². The summed E-state index contributed by atoms with van der Waals surface area (Å²) < 4.78 is 0. The molecule has 0 radical (unpaired) electrons. The predicted molar refractivity (Wildman–Crippen MR) is 97.1 cm³/mol. The number of hydrogen-bond acceptors (Lipinski definition) is 2. The molecule has 0 unspecified atom stereocenters. The van der Waals surface area contributed by atoms with Gasteiger partial charge < -0.3 is 9.80 Å². The number of benzene rings is 1. The van der Waals surface area contributed by atoms with Gasteiger partial charge in [0, 0.05) is 38.2 Å². The zero-order chi connectivity index (χ0) is 17.7. The van der Waals surface area contributed by atoms with Crippen LogP contribution in [-0.2, 0) is 4.79 Å². The molecule has 4 nitrogen and oxygen atoms in total. The maximum atomic E-state index is 12.7. The third-order valence-corrected chi connectivity index (χ3v) is 4.54. The minimum absolute atomic E-state index is 0.0727. The second-order valence-electron chi connectivity index (χ2n) is 7.40. The van der Waals surface area contributed by atoms with Gasteiger partial charge in [0.25, 0.3) is 5.91 Å². The Morgan fingerprint density at radius 3 is 2.08 bits per heavy atom. The molecule has 1 saturated heterocycles. The van der Waals surface area contributed by atoms with Crippen molar-refractivity contribution < 1.29 is 9.59 Å². The van der Waals surface area contributed by atoms with E-state index in [1.54, 1.807) is 0 Å². The van der Waals surface area contributed by atoms with Gasteiger partial charge in [-0.25, -0.2) is 0 Å². The van der Waals surface area contributed by atoms with E-state index in [1.807, 2.05) is 34.1 Å². The SMILES string of the molecule is CC(C)CC(=O)N1CCCN(C(=O)c2ccc(C(C)C)cc2)CC1. The van der Waals surface area contributed by atoms with E-state index < -0.39 is 0 Å². The fraction of sp³-hybridized carbons (Fsp3) is 0.600. The van der Waals surface area contributed by atoms with E-state index in [9.17, 15) is 9.59 Å². The lowest BCUT2D eigenvalue weighted by molar-refractivity contribution is -0.131. The molecule has 4 heteroatoms. The first-order valence-corrected chi connectivity index (χ1v) is 9.05. The van der Waals surface area contributed by atoms with Crippen molar-refractivity contribution in [3.8, 4) is 0 Å². The lowest BCUT2D eigenvalue weighted by Crippen LogP contribution is -2.37. The number of carbonyl (C=O) groups is 2. The van der Waals surface area contributed by atoms with Gasteiger partial charge in [0.2, 0.25) is 5.91 Å². The number of carbonyl (C=O) groups excluding carboxylic acids is 2. The van der Waals surface area contributed by atoms with E-state index in [-0.39, 0.29) is 11.8 Å². The number of rotatable bonds is 4. The van der Waals surface area contributed by atoms with Crippen LogP contribution < -0.4 is 0 Å². The van der Waals surface area contributed by atoms with Gasteiger partial charge in [-0.1, -0.05) is 39.8 Å². The first kappa shape index (κ1) is 18.5. The van der Waals surface area contributed by atoms with E-state index in [4.69, 9.17) is 0 Å². The van der Waals surface area contributed by atoms with Crippen LogP contribution in [0.5, 0.6) is 0 Å². The van der Waals surface area contributed by atoms with E-state index in [2.05, 4.69) is 27.7 Å². The lowest BCUT2D eigenvalue weighted by Gasteiger charge is -2.23. The highest BCUT2D eigenvalue weighted by molar-refractivity contribution is 5.94. The number of nitrogens with zero attached hydrogens (tertiary/aromatic N) is 2. The molecule has 0 saturated carbocycles. The van der Waals surface area contributed by atoms with Crippen LogP contribution in [0.2, 0.25) is 0 Å². The maximum absolute atomic E-state index is 12.7. The molecule has 0 aromatic heterocycles. The molecule has 0 aliphatic carbocycles. The van der Waals surface area contributed by atoms with Gasteiger partial charge in [-0.05, 0) is 36.0 Å². The average molecular weight is 330 g/mol. The molecule has 2 amide bonds. The van der Waals surface area contributed by atoms with Crippen LogP contribution in [0.15, 0.2) is 24.3 Å². The Morgan fingerprint density at radius 2 is 1.50 bits per heavy atom. The maximum Gasteiger partial charge on any atom is 0.253 e. The Bertz CT molecular complexity index is 564. The average Bonchev–Trinajstić information content (AvgIpc) is 2.79. The third-order valence-electron chi connectivity index (χ3n) is 4.54. The Kier molecular flexibility index (Phi) is 6.41. The number of amides is 2. The van der Waals surface area contributed by atoms with Crippen molar-refractivity contribution in [2.45, 2.75) is 46.5 Å². The van der Waals surface area contributed by atoms with Crippen LogP contribution >= 0.6 is 0 Å². The summed E-state index contributed by atoms with van der Waals surface area (Å²) in [7, 11) is 0. The van der Waals surface area contributed by atoms with Crippen LogP contribution in [0.1, 0.15) is 62.4 Å². The van der Waals surface area contributed by atoms with Crippen molar-refractivity contribution in [3.05, 3.63) is 35.4 Å². The van der Waals surface area contributed by atoms with Gasteiger partial charge >= 0.3 is 0 Å². The van der Waals surface area contributed by atoms with Crippen molar-refractivity contribution in [2.24, 2.45) is 5.92 Å². The Balaban J connectivity index is 1.97. The van der Waals surface area contributed by atoms with E-state index >= 15 is 0 Å². The van der Waals surface area contributed by atoms with Gasteiger partial charge in [0.05, 0.1) is 0 Å². The summed E-state index contributed by atoms with van der Waals surface area (Å²) in [5.41, 5.74) is 1.98. The molecule has 1 fully saturated rings. The minimum Gasteiger partial charge on any atom is -0.341 e. The van der Waals surface area contributed by atoms with Gasteiger partial charge in [-0.15, -0.1) is 0 Å². The molecular formula is C20H30N2O2. The van der Waals surface area contributed by atoms with Crippen molar-refractivity contribution in [3.63, 3.8) is 0 Å². The molecule has 1 aliphatic rings. The summed E-state index contributed by atoms with van der Waals surface area (Å²) in [5, 5.41) is 0. The summed E-state index contributed by atoms with van der Waals surface area (Å²) in [6.07, 6.45) is 1.43. The van der Waals surface area contributed by atoms with Gasteiger partial charge in [-0.3, -0.25) is 9.59 Å². The standard InChI is InChI=1S/C20H30N2O2/c1-15(2)14-19(23)21-10-5-11-22(13-12-21)20(24)18-8-6-17(7-9-18)16(3)4/h6-9,15-16H,5,10-14H2,1-4H3.